The molecule has 0 amide bonds. The summed E-state index contributed by atoms with van der Waals surface area (Å²) in [6.45, 7) is 0. The summed E-state index contributed by atoms with van der Waals surface area (Å²) in [6, 6.07) is 7.86. The molecule has 4 N–H and O–H groups in total. The molecule has 0 aliphatic rings. The zero-order chi connectivity index (χ0) is 5.98. The Labute approximate surface area is 86.9 Å². The van der Waals surface area contributed by atoms with E-state index in [-0.39, 0.29) is 40.1 Å². The van der Waals surface area contributed by atoms with Crippen molar-refractivity contribution in [3.63, 3.8) is 0 Å². The zero-order valence-corrected chi connectivity index (χ0v) is 8.80. The zero-order valence-electron chi connectivity index (χ0n) is 5.96. The summed E-state index contributed by atoms with van der Waals surface area (Å²) in [4.78, 5) is 0. The van der Waals surface area contributed by atoms with E-state index >= 15 is 0 Å². The van der Waals surface area contributed by atoms with Gasteiger partial charge in [-0.05, 0) is 0 Å². The van der Waals surface area contributed by atoms with Gasteiger partial charge in [0.05, 0.1) is 0 Å². The van der Waals surface area contributed by atoms with Gasteiger partial charge in [0.2, 0.25) is 0 Å². The number of nitrogens with two attached hydrogens (primary N) is 2. The van der Waals surface area contributed by atoms with E-state index in [0.717, 1.165) is 0 Å². The van der Waals surface area contributed by atoms with Gasteiger partial charge in [-0.2, -0.15) is 12.1 Å². The van der Waals surface area contributed by atoms with Crippen LogP contribution in [0.25, 0.3) is 0 Å². The monoisotopic (exact) mass is 211 g/mol. The van der Waals surface area contributed by atoms with Crippen LogP contribution in [0.3, 0.4) is 0 Å². The van der Waals surface area contributed by atoms with E-state index in [4.69, 9.17) is 11.5 Å². The molecule has 0 unspecified atom stereocenters. The molecule has 0 fully saturated rings. The van der Waals surface area contributed by atoms with Crippen LogP contribution in [0, 0.1) is 13.5 Å². The molecule has 0 saturated heterocycles. The second kappa shape index (κ2) is 5.69. The van der Waals surface area contributed by atoms with Gasteiger partial charge in [0, 0.05) is 32.7 Å². The molecule has 3 heteroatoms. The first-order valence-corrected chi connectivity index (χ1v) is 2.32. The molecular weight excluding hydrogens is 201 g/mol. The van der Waals surface area contributed by atoms with Gasteiger partial charge in [-0.15, -0.1) is 12.1 Å². The fourth-order valence-electron chi connectivity index (χ4n) is 0.449. The smallest absolute Gasteiger partial charge is 0 e. The molecule has 0 heterocycles. The van der Waals surface area contributed by atoms with Crippen LogP contribution in [0.1, 0.15) is 0 Å². The van der Waals surface area contributed by atoms with Crippen molar-refractivity contribution in [2.24, 2.45) is 0 Å². The summed E-state index contributed by atoms with van der Waals surface area (Å²) < 4.78 is 0. The van der Waals surface area contributed by atoms with Gasteiger partial charge >= 0.3 is 0 Å². The predicted molar refractivity (Wildman–Crippen MR) is 40.5 cm³/mol. The molecule has 1 aromatic rings. The molecule has 10 heavy (non-hydrogen) atoms. The summed E-state index contributed by atoms with van der Waals surface area (Å²) in [5.74, 6) is 0. The first-order valence-electron chi connectivity index (χ1n) is 2.32. The van der Waals surface area contributed by atoms with Crippen molar-refractivity contribution < 1.29 is 32.7 Å². The Hall–Kier alpha value is -0.0761. The number of nitrogen functional groups attached to an aromatic ring is 2. The van der Waals surface area contributed by atoms with Crippen molar-refractivity contribution in [2.75, 3.05) is 11.5 Å². The SMILES string of the molecule is Nc1[c-]cc(N)cc1.[CH3-].[Y]. The van der Waals surface area contributed by atoms with Gasteiger partial charge in [0.25, 0.3) is 0 Å². The van der Waals surface area contributed by atoms with E-state index in [9.17, 15) is 0 Å². The van der Waals surface area contributed by atoms with E-state index < -0.39 is 0 Å². The standard InChI is InChI=1S/C6H7N2.CH3.Y/c7-5-1-2-6(8)4-3-5;;/h1-3H,7-8H2;1H3;/q2*-1;. The van der Waals surface area contributed by atoms with Crippen LogP contribution >= 0.6 is 0 Å². The Morgan fingerprint density at radius 1 is 1.20 bits per heavy atom. The van der Waals surface area contributed by atoms with Crippen LogP contribution in [0.2, 0.25) is 0 Å². The van der Waals surface area contributed by atoms with Gasteiger partial charge in [-0.3, -0.25) is 0 Å². The van der Waals surface area contributed by atoms with Gasteiger partial charge in [-0.25, -0.2) is 0 Å². The van der Waals surface area contributed by atoms with Gasteiger partial charge < -0.3 is 18.9 Å². The third kappa shape index (κ3) is 3.86. The second-order valence-corrected chi connectivity index (χ2v) is 1.58. The van der Waals surface area contributed by atoms with Crippen LogP contribution in [0.5, 0.6) is 0 Å². The van der Waals surface area contributed by atoms with Crippen LogP contribution in [0.4, 0.5) is 11.4 Å². The van der Waals surface area contributed by atoms with Crippen molar-refractivity contribution in [1.29, 1.82) is 0 Å². The molecule has 0 spiro atoms. The quantitative estimate of drug-likeness (QED) is 0.498. The Kier molecular flexibility index (Phi) is 7.16. The Morgan fingerprint density at radius 2 is 1.80 bits per heavy atom. The fourth-order valence-corrected chi connectivity index (χ4v) is 0.449. The number of hydrogen-bond acceptors (Lipinski definition) is 2. The van der Waals surface area contributed by atoms with Crippen molar-refractivity contribution in [3.05, 3.63) is 31.7 Å². The molecule has 0 aliphatic heterocycles. The fraction of sp³-hybridized carbons (Fsp3) is 0. The second-order valence-electron chi connectivity index (χ2n) is 1.58. The Balaban J connectivity index is 0. The van der Waals surface area contributed by atoms with E-state index in [1.165, 1.54) is 0 Å². The minimum Gasteiger partial charge on any atom is -0.449 e. The summed E-state index contributed by atoms with van der Waals surface area (Å²) in [7, 11) is 0. The molecular formula is C7H10N2Y-2. The van der Waals surface area contributed by atoms with Gasteiger partial charge in [0.15, 0.2) is 0 Å². The Morgan fingerprint density at radius 3 is 2.10 bits per heavy atom. The molecule has 0 saturated carbocycles. The van der Waals surface area contributed by atoms with Crippen molar-refractivity contribution in [1.82, 2.24) is 0 Å². The summed E-state index contributed by atoms with van der Waals surface area (Å²) in [6.07, 6.45) is 0. The molecule has 2 nitrogen and oxygen atoms in total. The summed E-state index contributed by atoms with van der Waals surface area (Å²) in [5.41, 5.74) is 12.0. The summed E-state index contributed by atoms with van der Waals surface area (Å²) >= 11 is 0. The minimum absolute atomic E-state index is 0. The predicted octanol–water partition coefficient (Wildman–Crippen LogP) is 1.10. The largest absolute Gasteiger partial charge is 0.449 e. The van der Waals surface area contributed by atoms with E-state index in [2.05, 4.69) is 6.07 Å². The van der Waals surface area contributed by atoms with E-state index in [1.807, 2.05) is 0 Å². The first-order chi connectivity index (χ1) is 3.79. The van der Waals surface area contributed by atoms with Crippen molar-refractivity contribution in [3.8, 4) is 0 Å². The third-order valence-corrected chi connectivity index (χ3v) is 0.861. The average molecular weight is 211 g/mol. The molecule has 1 rings (SSSR count). The third-order valence-electron chi connectivity index (χ3n) is 0.861. The number of anilines is 2. The van der Waals surface area contributed by atoms with Crippen LogP contribution in [0.15, 0.2) is 18.2 Å². The average Bonchev–Trinajstić information content (AvgIpc) is 1.77. The topological polar surface area (TPSA) is 52.0 Å². The Bertz CT molecular complexity index is 150. The molecule has 0 atom stereocenters. The number of hydrogen-bond donors (Lipinski definition) is 2. The maximum Gasteiger partial charge on any atom is 0 e. The van der Waals surface area contributed by atoms with Gasteiger partial charge in [-0.1, -0.05) is 11.4 Å². The first kappa shape index (κ1) is 12.6. The number of rotatable bonds is 0. The van der Waals surface area contributed by atoms with E-state index in [1.54, 1.807) is 18.2 Å². The van der Waals surface area contributed by atoms with Crippen molar-refractivity contribution >= 4 is 11.4 Å². The molecule has 1 aromatic carbocycles. The molecule has 0 aliphatic carbocycles. The van der Waals surface area contributed by atoms with Crippen LogP contribution < -0.4 is 11.5 Å². The van der Waals surface area contributed by atoms with Crippen molar-refractivity contribution in [2.45, 2.75) is 0 Å². The molecule has 53 valence electrons. The molecule has 0 bridgehead atoms. The molecule has 1 radical (unpaired) electrons. The number of benzene rings is 1. The molecule has 0 aromatic heterocycles. The normalized spacial score (nSPS) is 7.20. The minimum atomic E-state index is 0. The van der Waals surface area contributed by atoms with E-state index in [0.29, 0.717) is 11.4 Å². The van der Waals surface area contributed by atoms with Gasteiger partial charge in [0.1, 0.15) is 0 Å². The summed E-state index contributed by atoms with van der Waals surface area (Å²) in [5, 5.41) is 0. The maximum absolute atomic E-state index is 5.34. The maximum atomic E-state index is 5.34. The van der Waals surface area contributed by atoms with Crippen LogP contribution in [-0.2, 0) is 32.7 Å². The van der Waals surface area contributed by atoms with Crippen LogP contribution in [-0.4, -0.2) is 0 Å².